The lowest BCUT2D eigenvalue weighted by atomic mass is 10.2. The van der Waals surface area contributed by atoms with Crippen LogP contribution in [0.15, 0.2) is 22.7 Å². The number of nitrogen functional groups attached to an aromatic ring is 1. The van der Waals surface area contributed by atoms with Crippen LogP contribution < -0.4 is 5.73 Å². The average Bonchev–Trinajstić information content (AvgIpc) is 3.17. The number of nitrogens with zero attached hydrogens (tertiary/aromatic N) is 2. The molecule has 98 valence electrons. The van der Waals surface area contributed by atoms with Gasteiger partial charge in [-0.15, -0.1) is 0 Å². The summed E-state index contributed by atoms with van der Waals surface area (Å²) >= 11 is 5.53. The van der Waals surface area contributed by atoms with Crippen molar-refractivity contribution < 1.29 is 4.39 Å². The Bertz CT molecular complexity index is 659. The fraction of sp³-hybridized carbons (Fsp3) is 0.231. The van der Waals surface area contributed by atoms with E-state index in [-0.39, 0.29) is 5.82 Å². The number of hydrogen-bond acceptors (Lipinski definition) is 3. The summed E-state index contributed by atoms with van der Waals surface area (Å²) < 4.78 is 14.7. The Morgan fingerprint density at radius 3 is 2.68 bits per heavy atom. The molecule has 1 aromatic heterocycles. The second kappa shape index (κ2) is 4.97. The Kier molecular flexibility index (Phi) is 3.46. The summed E-state index contributed by atoms with van der Waals surface area (Å²) in [6.45, 7) is 0. The number of nitrogens with two attached hydrogens (primary N) is 1. The molecule has 0 saturated heterocycles. The van der Waals surface area contributed by atoms with Crippen molar-refractivity contribution in [2.24, 2.45) is 0 Å². The van der Waals surface area contributed by atoms with Gasteiger partial charge in [-0.05, 0) is 69.6 Å². The van der Waals surface area contributed by atoms with Gasteiger partial charge < -0.3 is 5.73 Å². The Balaban J connectivity index is 2.14. The molecule has 0 amide bonds. The molecule has 0 atom stereocenters. The number of hydrogen-bond donors (Lipinski definition) is 1. The molecule has 0 bridgehead atoms. The van der Waals surface area contributed by atoms with Crippen molar-refractivity contribution in [2.75, 3.05) is 5.73 Å². The van der Waals surface area contributed by atoms with Gasteiger partial charge in [-0.2, -0.15) is 0 Å². The van der Waals surface area contributed by atoms with E-state index in [4.69, 9.17) is 5.73 Å². The van der Waals surface area contributed by atoms with Gasteiger partial charge in [-0.3, -0.25) is 0 Å². The van der Waals surface area contributed by atoms with Crippen molar-refractivity contribution in [1.82, 2.24) is 9.97 Å². The van der Waals surface area contributed by atoms with Crippen LogP contribution in [-0.4, -0.2) is 9.97 Å². The van der Waals surface area contributed by atoms with E-state index in [1.54, 1.807) is 6.07 Å². The third-order valence-corrected chi connectivity index (χ3v) is 4.80. The lowest BCUT2D eigenvalue weighted by Gasteiger charge is -2.09. The van der Waals surface area contributed by atoms with Crippen LogP contribution in [0.4, 0.5) is 10.2 Å². The normalized spacial score (nSPS) is 14.7. The van der Waals surface area contributed by atoms with Crippen LogP contribution >= 0.6 is 38.5 Å². The van der Waals surface area contributed by atoms with Crippen LogP contribution in [0, 0.1) is 9.39 Å². The van der Waals surface area contributed by atoms with Crippen LogP contribution in [0.1, 0.15) is 24.5 Å². The maximum atomic E-state index is 13.1. The van der Waals surface area contributed by atoms with Crippen molar-refractivity contribution in [3.05, 3.63) is 37.8 Å². The van der Waals surface area contributed by atoms with E-state index >= 15 is 0 Å². The van der Waals surface area contributed by atoms with Gasteiger partial charge in [0.25, 0.3) is 0 Å². The molecule has 0 aliphatic heterocycles. The fourth-order valence-electron chi connectivity index (χ4n) is 1.90. The van der Waals surface area contributed by atoms with E-state index in [1.807, 2.05) is 0 Å². The molecule has 19 heavy (non-hydrogen) atoms. The maximum Gasteiger partial charge on any atom is 0.162 e. The largest absolute Gasteiger partial charge is 0.383 e. The van der Waals surface area contributed by atoms with Gasteiger partial charge in [-0.1, -0.05) is 0 Å². The van der Waals surface area contributed by atoms with E-state index in [9.17, 15) is 4.39 Å². The van der Waals surface area contributed by atoms with Gasteiger partial charge in [0, 0.05) is 16.0 Å². The lowest BCUT2D eigenvalue weighted by molar-refractivity contribution is 0.627. The van der Waals surface area contributed by atoms with Gasteiger partial charge >= 0.3 is 0 Å². The Labute approximate surface area is 132 Å². The van der Waals surface area contributed by atoms with Crippen LogP contribution in [0.3, 0.4) is 0 Å². The molecule has 1 aliphatic rings. The molecule has 1 heterocycles. The number of rotatable bonds is 2. The zero-order valence-corrected chi connectivity index (χ0v) is 13.6. The Morgan fingerprint density at radius 1 is 1.32 bits per heavy atom. The van der Waals surface area contributed by atoms with Crippen molar-refractivity contribution in [3.8, 4) is 11.4 Å². The van der Waals surface area contributed by atoms with Crippen LogP contribution in [0.25, 0.3) is 11.4 Å². The highest BCUT2D eigenvalue weighted by atomic mass is 127. The molecule has 3 rings (SSSR count). The van der Waals surface area contributed by atoms with Crippen molar-refractivity contribution in [2.45, 2.75) is 18.8 Å². The topological polar surface area (TPSA) is 51.8 Å². The summed E-state index contributed by atoms with van der Waals surface area (Å²) in [5.74, 6) is 1.24. The molecular formula is C13H10BrFIN3. The van der Waals surface area contributed by atoms with E-state index in [1.165, 1.54) is 12.1 Å². The minimum absolute atomic E-state index is 0.295. The average molecular weight is 434 g/mol. The van der Waals surface area contributed by atoms with Crippen LogP contribution in [-0.2, 0) is 0 Å². The summed E-state index contributed by atoms with van der Waals surface area (Å²) in [6.07, 6.45) is 2.30. The fourth-order valence-corrected chi connectivity index (χ4v) is 3.11. The second-order valence-electron chi connectivity index (χ2n) is 4.53. The molecule has 1 saturated carbocycles. The van der Waals surface area contributed by atoms with E-state index < -0.39 is 0 Å². The van der Waals surface area contributed by atoms with Crippen LogP contribution in [0.5, 0.6) is 0 Å². The summed E-state index contributed by atoms with van der Waals surface area (Å²) in [6, 6.07) is 4.47. The smallest absolute Gasteiger partial charge is 0.162 e. The molecule has 3 nitrogen and oxygen atoms in total. The van der Waals surface area contributed by atoms with Gasteiger partial charge in [0.1, 0.15) is 11.6 Å². The molecule has 0 radical (unpaired) electrons. The van der Waals surface area contributed by atoms with Gasteiger partial charge in [0.15, 0.2) is 5.82 Å². The van der Waals surface area contributed by atoms with E-state index in [2.05, 4.69) is 48.5 Å². The molecule has 1 aromatic carbocycles. The van der Waals surface area contributed by atoms with Crippen LogP contribution in [0.2, 0.25) is 0 Å². The molecule has 0 spiro atoms. The zero-order chi connectivity index (χ0) is 13.6. The summed E-state index contributed by atoms with van der Waals surface area (Å²) in [5.41, 5.74) is 7.73. The Morgan fingerprint density at radius 2 is 2.05 bits per heavy atom. The third kappa shape index (κ3) is 2.60. The molecule has 0 unspecified atom stereocenters. The first-order chi connectivity index (χ1) is 9.06. The molecule has 1 aliphatic carbocycles. The third-order valence-electron chi connectivity index (χ3n) is 3.04. The SMILES string of the molecule is Nc1nc(-c2ccc(F)cc2Br)nc(C2CC2)c1I. The highest BCUT2D eigenvalue weighted by molar-refractivity contribution is 14.1. The number of anilines is 1. The highest BCUT2D eigenvalue weighted by Crippen LogP contribution is 2.42. The first-order valence-electron chi connectivity index (χ1n) is 5.84. The minimum Gasteiger partial charge on any atom is -0.383 e. The highest BCUT2D eigenvalue weighted by Gasteiger charge is 2.29. The van der Waals surface area contributed by atoms with Crippen molar-refractivity contribution in [3.63, 3.8) is 0 Å². The molecule has 6 heteroatoms. The molecule has 2 aromatic rings. The lowest BCUT2D eigenvalue weighted by Crippen LogP contribution is -2.04. The Hall–Kier alpha value is -0.760. The summed E-state index contributed by atoms with van der Waals surface area (Å²) in [4.78, 5) is 8.92. The standard InChI is InChI=1S/C13H10BrFIN3/c14-9-5-7(15)3-4-8(9)13-18-11(6-1-2-6)10(16)12(17)19-13/h3-6H,1-2H2,(H2,17,18,19). The van der Waals surface area contributed by atoms with E-state index in [0.717, 1.165) is 27.7 Å². The first kappa shape index (κ1) is 13.2. The van der Waals surface area contributed by atoms with Gasteiger partial charge in [0.05, 0.1) is 9.26 Å². The van der Waals surface area contributed by atoms with E-state index in [0.29, 0.717) is 22.0 Å². The first-order valence-corrected chi connectivity index (χ1v) is 7.72. The molecular weight excluding hydrogens is 424 g/mol. The second-order valence-corrected chi connectivity index (χ2v) is 6.46. The monoisotopic (exact) mass is 433 g/mol. The zero-order valence-electron chi connectivity index (χ0n) is 9.83. The van der Waals surface area contributed by atoms with Gasteiger partial charge in [-0.25, -0.2) is 14.4 Å². The van der Waals surface area contributed by atoms with Crippen molar-refractivity contribution >= 4 is 44.3 Å². The molecule has 2 N–H and O–H groups in total. The minimum atomic E-state index is -0.295. The quantitative estimate of drug-likeness (QED) is 0.725. The number of halogens is 3. The summed E-state index contributed by atoms with van der Waals surface area (Å²) in [7, 11) is 0. The predicted octanol–water partition coefficient (Wildman–Crippen LogP) is 4.11. The summed E-state index contributed by atoms with van der Waals surface area (Å²) in [5, 5.41) is 0. The number of aromatic nitrogens is 2. The maximum absolute atomic E-state index is 13.1. The number of benzene rings is 1. The van der Waals surface area contributed by atoms with Crippen molar-refractivity contribution in [1.29, 1.82) is 0 Å². The predicted molar refractivity (Wildman–Crippen MR) is 84.2 cm³/mol. The molecule has 1 fully saturated rings. The van der Waals surface area contributed by atoms with Gasteiger partial charge in [0.2, 0.25) is 0 Å².